The maximum absolute atomic E-state index is 12.8. The van der Waals surface area contributed by atoms with E-state index in [0.29, 0.717) is 0 Å². The number of hydrogen-bond acceptors (Lipinski definition) is 4. The zero-order valence-corrected chi connectivity index (χ0v) is 13.1. The van der Waals surface area contributed by atoms with Crippen molar-refractivity contribution in [2.45, 2.75) is 32.6 Å². The number of carbonyl (C=O) groups excluding carboxylic acids is 1. The lowest BCUT2D eigenvalue weighted by atomic mass is 10.0. The summed E-state index contributed by atoms with van der Waals surface area (Å²) < 4.78 is 0. The molecule has 3 aliphatic rings. The Kier molecular flexibility index (Phi) is 3.37. The first-order chi connectivity index (χ1) is 10.8. The molecule has 4 rings (SSSR count). The second-order valence-electron chi connectivity index (χ2n) is 6.34. The third-order valence-electron chi connectivity index (χ3n) is 4.70. The predicted molar refractivity (Wildman–Crippen MR) is 87.0 cm³/mol. The lowest BCUT2D eigenvalue weighted by molar-refractivity contribution is 0.0819. The number of piperidine rings is 1. The molecule has 0 aromatic heterocycles. The van der Waals surface area contributed by atoms with Crippen LogP contribution in [0.15, 0.2) is 23.2 Å². The van der Waals surface area contributed by atoms with E-state index in [2.05, 4.69) is 27.1 Å². The molecule has 0 spiro atoms. The third kappa shape index (κ3) is 2.11. The number of nitrogens with zero attached hydrogens (tertiary/aromatic N) is 4. The smallest absolute Gasteiger partial charge is 0.262 e. The van der Waals surface area contributed by atoms with Gasteiger partial charge < -0.3 is 0 Å². The predicted octanol–water partition coefficient (Wildman–Crippen LogP) is 2.42. The van der Waals surface area contributed by atoms with Gasteiger partial charge in [-0.25, -0.2) is 10.0 Å². The fraction of sp³-hybridized carbons (Fsp3) is 0.529. The fourth-order valence-electron chi connectivity index (χ4n) is 3.58. The molecule has 0 atom stereocenters. The van der Waals surface area contributed by atoms with Gasteiger partial charge in [-0.3, -0.25) is 14.7 Å². The van der Waals surface area contributed by atoms with Gasteiger partial charge in [-0.15, -0.1) is 0 Å². The largest absolute Gasteiger partial charge is 0.277 e. The maximum atomic E-state index is 12.8. The fourth-order valence-corrected chi connectivity index (χ4v) is 3.58. The number of amides is 1. The highest BCUT2D eigenvalue weighted by Gasteiger charge is 2.39. The SMILES string of the molecule is Cc1ccc2c(c1)C(=O)N1CCCN=C1N2N1CCCCC1. The molecule has 22 heavy (non-hydrogen) atoms. The highest BCUT2D eigenvalue weighted by Crippen LogP contribution is 2.33. The number of hydrogen-bond donors (Lipinski definition) is 0. The molecule has 3 aliphatic heterocycles. The van der Waals surface area contributed by atoms with Crippen LogP contribution in [0.5, 0.6) is 0 Å². The highest BCUT2D eigenvalue weighted by molar-refractivity contribution is 6.18. The van der Waals surface area contributed by atoms with Crippen molar-refractivity contribution >= 4 is 17.6 Å². The molecule has 0 bridgehead atoms. The van der Waals surface area contributed by atoms with E-state index in [-0.39, 0.29) is 5.91 Å². The summed E-state index contributed by atoms with van der Waals surface area (Å²) in [6.07, 6.45) is 4.66. The second-order valence-corrected chi connectivity index (χ2v) is 6.34. The Balaban J connectivity index is 1.84. The van der Waals surface area contributed by atoms with Crippen LogP contribution in [-0.2, 0) is 0 Å². The van der Waals surface area contributed by atoms with Gasteiger partial charge in [0.1, 0.15) is 0 Å². The Labute approximate surface area is 131 Å². The maximum Gasteiger partial charge on any atom is 0.262 e. The molecule has 0 N–H and O–H groups in total. The van der Waals surface area contributed by atoms with Gasteiger partial charge in [-0.1, -0.05) is 18.1 Å². The van der Waals surface area contributed by atoms with Gasteiger partial charge >= 0.3 is 0 Å². The van der Waals surface area contributed by atoms with Gasteiger partial charge in [0.05, 0.1) is 11.3 Å². The van der Waals surface area contributed by atoms with Gasteiger partial charge in [0.2, 0.25) is 5.96 Å². The van der Waals surface area contributed by atoms with Crippen LogP contribution in [0, 0.1) is 6.92 Å². The lowest BCUT2D eigenvalue weighted by Gasteiger charge is -2.46. The first-order valence-corrected chi connectivity index (χ1v) is 8.28. The van der Waals surface area contributed by atoms with E-state index in [4.69, 9.17) is 0 Å². The molecule has 0 radical (unpaired) electrons. The van der Waals surface area contributed by atoms with Crippen LogP contribution < -0.4 is 5.01 Å². The number of anilines is 1. The van der Waals surface area contributed by atoms with E-state index in [1.807, 2.05) is 17.9 Å². The van der Waals surface area contributed by atoms with Crippen LogP contribution in [0.1, 0.15) is 41.6 Å². The average Bonchev–Trinajstić information content (AvgIpc) is 2.57. The molecule has 1 aromatic carbocycles. The second kappa shape index (κ2) is 5.39. The Morgan fingerprint density at radius 2 is 1.86 bits per heavy atom. The van der Waals surface area contributed by atoms with Crippen molar-refractivity contribution < 1.29 is 4.79 Å². The molecule has 0 aliphatic carbocycles. The van der Waals surface area contributed by atoms with Gasteiger partial charge in [0.15, 0.2) is 0 Å². The summed E-state index contributed by atoms with van der Waals surface area (Å²) in [7, 11) is 0. The third-order valence-corrected chi connectivity index (χ3v) is 4.70. The van der Waals surface area contributed by atoms with Crippen LogP contribution in [-0.4, -0.2) is 48.0 Å². The number of fused-ring (bicyclic) bond motifs is 2. The first kappa shape index (κ1) is 13.8. The van der Waals surface area contributed by atoms with Crippen LogP contribution >= 0.6 is 0 Å². The van der Waals surface area contributed by atoms with E-state index in [1.165, 1.54) is 19.3 Å². The van der Waals surface area contributed by atoms with Crippen molar-refractivity contribution in [3.63, 3.8) is 0 Å². The van der Waals surface area contributed by atoms with E-state index in [9.17, 15) is 4.79 Å². The summed E-state index contributed by atoms with van der Waals surface area (Å²) in [5, 5.41) is 4.57. The van der Waals surface area contributed by atoms with Crippen molar-refractivity contribution in [1.82, 2.24) is 9.91 Å². The number of guanidine groups is 1. The van der Waals surface area contributed by atoms with Gasteiger partial charge in [-0.05, 0) is 38.3 Å². The molecule has 3 heterocycles. The van der Waals surface area contributed by atoms with Crippen LogP contribution in [0.25, 0.3) is 0 Å². The van der Waals surface area contributed by atoms with Gasteiger partial charge in [0.25, 0.3) is 5.91 Å². The van der Waals surface area contributed by atoms with Gasteiger partial charge in [0, 0.05) is 26.2 Å². The van der Waals surface area contributed by atoms with Crippen molar-refractivity contribution in [2.75, 3.05) is 31.2 Å². The van der Waals surface area contributed by atoms with Gasteiger partial charge in [-0.2, -0.15) is 0 Å². The minimum atomic E-state index is 0.102. The Bertz CT molecular complexity index is 634. The molecule has 1 amide bonds. The highest BCUT2D eigenvalue weighted by atomic mass is 16.2. The Morgan fingerprint density at radius 1 is 1.05 bits per heavy atom. The number of benzene rings is 1. The van der Waals surface area contributed by atoms with E-state index in [0.717, 1.165) is 55.4 Å². The number of carbonyl (C=O) groups is 1. The summed E-state index contributed by atoms with van der Waals surface area (Å²) >= 11 is 0. The number of rotatable bonds is 1. The quantitative estimate of drug-likeness (QED) is 0.799. The van der Waals surface area contributed by atoms with Crippen LogP contribution in [0.3, 0.4) is 0 Å². The zero-order valence-electron chi connectivity index (χ0n) is 13.1. The van der Waals surface area contributed by atoms with Crippen molar-refractivity contribution in [3.05, 3.63) is 29.3 Å². The first-order valence-electron chi connectivity index (χ1n) is 8.28. The summed E-state index contributed by atoms with van der Waals surface area (Å²) in [6, 6.07) is 6.17. The molecule has 1 saturated heterocycles. The van der Waals surface area contributed by atoms with Crippen molar-refractivity contribution in [2.24, 2.45) is 4.99 Å². The lowest BCUT2D eigenvalue weighted by Crippen LogP contribution is -2.60. The number of aliphatic imine (C=N–C) groups is 1. The summed E-state index contributed by atoms with van der Waals surface area (Å²) in [5.41, 5.74) is 2.93. The standard InChI is InChI=1S/C17H22N4O/c1-13-6-7-15-14(12-13)16(22)20-11-5-8-18-17(20)21(15)19-9-3-2-4-10-19/h6-7,12H,2-5,8-11H2,1H3. The molecule has 1 aromatic rings. The van der Waals surface area contributed by atoms with Crippen LogP contribution in [0.4, 0.5) is 5.69 Å². The summed E-state index contributed by atoms with van der Waals surface area (Å²) in [5.74, 6) is 0.930. The summed E-state index contributed by atoms with van der Waals surface area (Å²) in [4.78, 5) is 19.4. The van der Waals surface area contributed by atoms with E-state index >= 15 is 0 Å². The summed E-state index contributed by atoms with van der Waals surface area (Å²) in [6.45, 7) is 5.70. The molecular weight excluding hydrogens is 276 g/mol. The monoisotopic (exact) mass is 298 g/mol. The Hall–Kier alpha value is -1.88. The molecule has 0 saturated carbocycles. The topological polar surface area (TPSA) is 39.2 Å². The molecule has 1 fully saturated rings. The molecule has 5 nitrogen and oxygen atoms in total. The molecule has 5 heteroatoms. The minimum absolute atomic E-state index is 0.102. The molecule has 116 valence electrons. The van der Waals surface area contributed by atoms with E-state index < -0.39 is 0 Å². The van der Waals surface area contributed by atoms with Crippen molar-refractivity contribution in [3.8, 4) is 0 Å². The molecular formula is C17H22N4O. The minimum Gasteiger partial charge on any atom is -0.277 e. The average molecular weight is 298 g/mol. The van der Waals surface area contributed by atoms with Crippen molar-refractivity contribution in [1.29, 1.82) is 0 Å². The number of aryl methyl sites for hydroxylation is 1. The van der Waals surface area contributed by atoms with Crippen LogP contribution in [0.2, 0.25) is 0 Å². The van der Waals surface area contributed by atoms with E-state index in [1.54, 1.807) is 0 Å². The zero-order chi connectivity index (χ0) is 15.1. The Morgan fingerprint density at radius 3 is 2.68 bits per heavy atom. The molecule has 0 unspecified atom stereocenters. The normalized spacial score (nSPS) is 22.2. The number of hydrazine groups is 1.